The normalized spacial score (nSPS) is 11.5. The minimum atomic E-state index is -0.399. The summed E-state index contributed by atoms with van der Waals surface area (Å²) >= 11 is 6.92. The molecule has 0 saturated heterocycles. The van der Waals surface area contributed by atoms with Crippen molar-refractivity contribution in [1.82, 2.24) is 0 Å². The standard InChI is InChI=1S/C20H22Br2O3/c1-12(2)24-18-8-6-13(10-16(18)22)19(23)25-17-9-7-14(21)11-15(17)20(3,4)5/h6-12H,1-5H3. The quantitative estimate of drug-likeness (QED) is 0.377. The first-order valence-electron chi connectivity index (χ1n) is 8.06. The van der Waals surface area contributed by atoms with E-state index in [1.807, 2.05) is 32.0 Å². The highest BCUT2D eigenvalue weighted by Gasteiger charge is 2.22. The van der Waals surface area contributed by atoms with Crippen molar-refractivity contribution >= 4 is 37.8 Å². The van der Waals surface area contributed by atoms with E-state index in [4.69, 9.17) is 9.47 Å². The van der Waals surface area contributed by atoms with E-state index in [1.54, 1.807) is 18.2 Å². The van der Waals surface area contributed by atoms with Gasteiger partial charge in [0.1, 0.15) is 11.5 Å². The first-order valence-corrected chi connectivity index (χ1v) is 9.65. The van der Waals surface area contributed by atoms with E-state index in [0.29, 0.717) is 17.1 Å². The summed E-state index contributed by atoms with van der Waals surface area (Å²) in [6, 6.07) is 10.9. The molecule has 2 rings (SSSR count). The minimum absolute atomic E-state index is 0.0613. The van der Waals surface area contributed by atoms with Gasteiger partial charge in [-0.25, -0.2) is 4.79 Å². The van der Waals surface area contributed by atoms with E-state index in [1.165, 1.54) is 0 Å². The van der Waals surface area contributed by atoms with Crippen molar-refractivity contribution in [3.05, 3.63) is 56.5 Å². The SMILES string of the molecule is CC(C)Oc1ccc(C(=O)Oc2ccc(Br)cc2C(C)(C)C)cc1Br. The molecule has 0 N–H and O–H groups in total. The van der Waals surface area contributed by atoms with E-state index in [9.17, 15) is 4.79 Å². The molecule has 2 aromatic carbocycles. The second-order valence-electron chi connectivity index (χ2n) is 7.09. The summed E-state index contributed by atoms with van der Waals surface area (Å²) in [5, 5.41) is 0. The van der Waals surface area contributed by atoms with Crippen LogP contribution in [0, 0.1) is 0 Å². The monoisotopic (exact) mass is 468 g/mol. The smallest absolute Gasteiger partial charge is 0.343 e. The van der Waals surface area contributed by atoms with Gasteiger partial charge in [-0.1, -0.05) is 36.7 Å². The molecule has 0 fully saturated rings. The van der Waals surface area contributed by atoms with Crippen LogP contribution in [0.15, 0.2) is 45.3 Å². The summed E-state index contributed by atoms with van der Waals surface area (Å²) in [4.78, 5) is 12.6. The fraction of sp³-hybridized carbons (Fsp3) is 0.350. The molecule has 0 spiro atoms. The Balaban J connectivity index is 2.27. The number of benzene rings is 2. The summed E-state index contributed by atoms with van der Waals surface area (Å²) in [6.45, 7) is 10.2. The van der Waals surface area contributed by atoms with Crippen molar-refractivity contribution in [1.29, 1.82) is 0 Å². The molecule has 134 valence electrons. The van der Waals surface area contributed by atoms with Crippen LogP contribution in [0.2, 0.25) is 0 Å². The molecule has 0 unspecified atom stereocenters. The molecule has 0 heterocycles. The zero-order valence-electron chi connectivity index (χ0n) is 15.0. The third kappa shape index (κ3) is 5.32. The van der Waals surface area contributed by atoms with Crippen molar-refractivity contribution in [2.24, 2.45) is 0 Å². The van der Waals surface area contributed by atoms with Gasteiger partial charge in [-0.3, -0.25) is 0 Å². The molecule has 0 aliphatic heterocycles. The van der Waals surface area contributed by atoms with Crippen molar-refractivity contribution in [2.75, 3.05) is 0 Å². The molecule has 2 aromatic rings. The highest BCUT2D eigenvalue weighted by atomic mass is 79.9. The maximum absolute atomic E-state index is 12.6. The number of ether oxygens (including phenoxy) is 2. The van der Waals surface area contributed by atoms with E-state index in [-0.39, 0.29) is 11.5 Å². The lowest BCUT2D eigenvalue weighted by atomic mass is 9.86. The van der Waals surface area contributed by atoms with E-state index in [2.05, 4.69) is 52.6 Å². The molecule has 0 aliphatic carbocycles. The van der Waals surface area contributed by atoms with Crippen molar-refractivity contribution in [2.45, 2.75) is 46.1 Å². The van der Waals surface area contributed by atoms with Gasteiger partial charge >= 0.3 is 5.97 Å². The van der Waals surface area contributed by atoms with Crippen LogP contribution in [-0.4, -0.2) is 12.1 Å². The Hall–Kier alpha value is -1.33. The van der Waals surface area contributed by atoms with Crippen LogP contribution >= 0.6 is 31.9 Å². The summed E-state index contributed by atoms with van der Waals surface area (Å²) in [5.41, 5.74) is 1.29. The van der Waals surface area contributed by atoms with Crippen LogP contribution in [0.1, 0.15) is 50.5 Å². The van der Waals surface area contributed by atoms with E-state index < -0.39 is 5.97 Å². The first kappa shape index (κ1) is 20.0. The van der Waals surface area contributed by atoms with Crippen molar-refractivity contribution in [3.63, 3.8) is 0 Å². The predicted molar refractivity (Wildman–Crippen MR) is 108 cm³/mol. The Morgan fingerprint density at radius 1 is 1.00 bits per heavy atom. The number of esters is 1. The van der Waals surface area contributed by atoms with Gasteiger partial charge in [-0.05, 0) is 71.6 Å². The second-order valence-corrected chi connectivity index (χ2v) is 8.86. The number of rotatable bonds is 4. The van der Waals surface area contributed by atoms with Gasteiger partial charge in [0.15, 0.2) is 0 Å². The summed E-state index contributed by atoms with van der Waals surface area (Å²) in [5.74, 6) is 0.870. The minimum Gasteiger partial charge on any atom is -0.490 e. The molecule has 0 aliphatic rings. The number of carbonyl (C=O) groups is 1. The van der Waals surface area contributed by atoms with Crippen LogP contribution in [0.4, 0.5) is 0 Å². The van der Waals surface area contributed by atoms with Crippen molar-refractivity contribution < 1.29 is 14.3 Å². The summed E-state index contributed by atoms with van der Waals surface area (Å²) in [6.07, 6.45) is 0.0613. The van der Waals surface area contributed by atoms with Crippen LogP contribution in [0.5, 0.6) is 11.5 Å². The Kier molecular flexibility index (Phi) is 6.33. The molecule has 0 aromatic heterocycles. The molecule has 0 saturated carbocycles. The van der Waals surface area contributed by atoms with Crippen LogP contribution in [0.25, 0.3) is 0 Å². The molecule has 0 amide bonds. The largest absolute Gasteiger partial charge is 0.490 e. The van der Waals surface area contributed by atoms with Gasteiger partial charge in [0.05, 0.1) is 16.1 Å². The average molecular weight is 470 g/mol. The van der Waals surface area contributed by atoms with Crippen LogP contribution in [0.3, 0.4) is 0 Å². The predicted octanol–water partition coefficient (Wildman–Crippen LogP) is 6.52. The molecule has 0 bridgehead atoms. The zero-order valence-corrected chi connectivity index (χ0v) is 18.2. The molecular formula is C20H22Br2O3. The lowest BCUT2D eigenvalue weighted by Gasteiger charge is -2.22. The number of carbonyl (C=O) groups excluding carboxylic acids is 1. The molecule has 0 atom stereocenters. The first-order chi connectivity index (χ1) is 11.6. The maximum atomic E-state index is 12.6. The fourth-order valence-corrected chi connectivity index (χ4v) is 3.15. The lowest BCUT2D eigenvalue weighted by molar-refractivity contribution is 0.0731. The van der Waals surface area contributed by atoms with E-state index >= 15 is 0 Å². The second kappa shape index (κ2) is 7.92. The highest BCUT2D eigenvalue weighted by molar-refractivity contribution is 9.10. The lowest BCUT2D eigenvalue weighted by Crippen LogP contribution is -2.16. The van der Waals surface area contributed by atoms with Gasteiger partial charge in [-0.2, -0.15) is 0 Å². The highest BCUT2D eigenvalue weighted by Crippen LogP contribution is 2.34. The van der Waals surface area contributed by atoms with Gasteiger partial charge in [0.2, 0.25) is 0 Å². The Bertz CT molecular complexity index is 777. The number of hydrogen-bond donors (Lipinski definition) is 0. The van der Waals surface area contributed by atoms with E-state index in [0.717, 1.165) is 14.5 Å². The topological polar surface area (TPSA) is 35.5 Å². The Morgan fingerprint density at radius 2 is 1.64 bits per heavy atom. The van der Waals surface area contributed by atoms with Crippen molar-refractivity contribution in [3.8, 4) is 11.5 Å². The molecule has 25 heavy (non-hydrogen) atoms. The molecular weight excluding hydrogens is 448 g/mol. The van der Waals surface area contributed by atoms with Gasteiger partial charge in [0.25, 0.3) is 0 Å². The summed E-state index contributed by atoms with van der Waals surface area (Å²) < 4.78 is 13.0. The van der Waals surface area contributed by atoms with Crippen LogP contribution < -0.4 is 9.47 Å². The van der Waals surface area contributed by atoms with Gasteiger partial charge in [0, 0.05) is 10.0 Å². The van der Waals surface area contributed by atoms with Gasteiger partial charge < -0.3 is 9.47 Å². The Morgan fingerprint density at radius 3 is 2.20 bits per heavy atom. The van der Waals surface area contributed by atoms with Gasteiger partial charge in [-0.15, -0.1) is 0 Å². The third-order valence-corrected chi connectivity index (χ3v) is 4.60. The number of halogens is 2. The average Bonchev–Trinajstić information content (AvgIpc) is 2.49. The molecule has 0 radical (unpaired) electrons. The number of hydrogen-bond acceptors (Lipinski definition) is 3. The fourth-order valence-electron chi connectivity index (χ4n) is 2.31. The third-order valence-electron chi connectivity index (χ3n) is 3.48. The van der Waals surface area contributed by atoms with Crippen LogP contribution in [-0.2, 0) is 5.41 Å². The summed E-state index contributed by atoms with van der Waals surface area (Å²) in [7, 11) is 0. The molecule has 5 heteroatoms. The zero-order chi connectivity index (χ0) is 18.8. The maximum Gasteiger partial charge on any atom is 0.343 e. The Labute approximate surface area is 166 Å². The molecule has 3 nitrogen and oxygen atoms in total.